The topological polar surface area (TPSA) is 60.7 Å². The van der Waals surface area contributed by atoms with Crippen LogP contribution < -0.4 is 0 Å². The van der Waals surface area contributed by atoms with Crippen molar-refractivity contribution in [3.8, 4) is 0 Å². The van der Waals surface area contributed by atoms with E-state index in [1.54, 1.807) is 0 Å². The minimum atomic E-state index is -0.895. The van der Waals surface area contributed by atoms with E-state index in [1.165, 1.54) is 0 Å². The van der Waals surface area contributed by atoms with Crippen LogP contribution in [0.25, 0.3) is 0 Å². The lowest BCUT2D eigenvalue weighted by atomic mass is 10.1. The maximum Gasteiger partial charge on any atom is 0.158 e. The summed E-state index contributed by atoms with van der Waals surface area (Å²) >= 11 is 0. The van der Waals surface area contributed by atoms with Crippen LogP contribution in [-0.2, 0) is 0 Å². The Labute approximate surface area is 98.8 Å². The van der Waals surface area contributed by atoms with Crippen molar-refractivity contribution in [1.82, 2.24) is 0 Å². The Kier molecular flexibility index (Phi) is 9.10. The molecule has 0 radical (unpaired) electrons. The highest BCUT2D eigenvalue weighted by atomic mass is 16.3. The SMILES string of the molecule is CCCCCC(O)=C(O)C(O)CCCCC. The molecule has 0 aromatic heterocycles. The predicted molar refractivity (Wildman–Crippen MR) is 66.6 cm³/mol. The van der Waals surface area contributed by atoms with Gasteiger partial charge in [-0.1, -0.05) is 46.0 Å². The van der Waals surface area contributed by atoms with E-state index in [1.807, 2.05) is 0 Å². The fourth-order valence-corrected chi connectivity index (χ4v) is 1.59. The highest BCUT2D eigenvalue weighted by Gasteiger charge is 2.13. The average Bonchev–Trinajstić information content (AvgIpc) is 2.28. The molecular weight excluding hydrogens is 204 g/mol. The van der Waals surface area contributed by atoms with Crippen LogP contribution in [0.2, 0.25) is 0 Å². The van der Waals surface area contributed by atoms with Crippen molar-refractivity contribution in [2.24, 2.45) is 0 Å². The Bertz CT molecular complexity index is 199. The molecule has 3 N–H and O–H groups in total. The molecule has 0 aliphatic heterocycles. The summed E-state index contributed by atoms with van der Waals surface area (Å²) in [7, 11) is 0. The second-order valence-corrected chi connectivity index (χ2v) is 4.30. The zero-order valence-corrected chi connectivity index (χ0v) is 10.6. The number of hydrogen-bond acceptors (Lipinski definition) is 3. The number of rotatable bonds is 9. The predicted octanol–water partition coefficient (Wildman–Crippen LogP) is 3.84. The fraction of sp³-hybridized carbons (Fsp3) is 0.846. The first kappa shape index (κ1) is 15.3. The van der Waals surface area contributed by atoms with E-state index in [0.717, 1.165) is 38.5 Å². The van der Waals surface area contributed by atoms with Gasteiger partial charge in [-0.25, -0.2) is 0 Å². The zero-order valence-electron chi connectivity index (χ0n) is 10.6. The highest BCUT2D eigenvalue weighted by Crippen LogP contribution is 2.15. The Balaban J connectivity index is 3.95. The van der Waals surface area contributed by atoms with Gasteiger partial charge in [-0.05, 0) is 12.8 Å². The van der Waals surface area contributed by atoms with Crippen molar-refractivity contribution in [3.05, 3.63) is 11.5 Å². The van der Waals surface area contributed by atoms with Crippen LogP contribution in [0.15, 0.2) is 11.5 Å². The van der Waals surface area contributed by atoms with Gasteiger partial charge in [0.1, 0.15) is 11.9 Å². The van der Waals surface area contributed by atoms with Crippen molar-refractivity contribution in [2.45, 2.75) is 71.3 Å². The van der Waals surface area contributed by atoms with Crippen LogP contribution in [-0.4, -0.2) is 21.4 Å². The Morgan fingerprint density at radius 2 is 1.50 bits per heavy atom. The molecule has 3 nitrogen and oxygen atoms in total. The summed E-state index contributed by atoms with van der Waals surface area (Å²) in [5.74, 6) is -0.273. The normalized spacial score (nSPS) is 14.7. The molecule has 0 saturated carbocycles. The van der Waals surface area contributed by atoms with Crippen molar-refractivity contribution in [2.75, 3.05) is 0 Å². The van der Waals surface area contributed by atoms with Crippen LogP contribution >= 0.6 is 0 Å². The van der Waals surface area contributed by atoms with Gasteiger partial charge in [0.2, 0.25) is 0 Å². The summed E-state index contributed by atoms with van der Waals surface area (Å²) in [4.78, 5) is 0. The van der Waals surface area contributed by atoms with E-state index in [9.17, 15) is 15.3 Å². The van der Waals surface area contributed by atoms with Gasteiger partial charge in [-0.15, -0.1) is 0 Å². The molecule has 0 aliphatic carbocycles. The van der Waals surface area contributed by atoms with E-state index < -0.39 is 6.10 Å². The van der Waals surface area contributed by atoms with Crippen molar-refractivity contribution in [3.63, 3.8) is 0 Å². The zero-order chi connectivity index (χ0) is 12.4. The summed E-state index contributed by atoms with van der Waals surface area (Å²) in [6, 6.07) is 0. The number of allylic oxidation sites excluding steroid dienone is 1. The summed E-state index contributed by atoms with van der Waals surface area (Å²) in [5.41, 5.74) is 0. The molecule has 96 valence electrons. The smallest absolute Gasteiger partial charge is 0.158 e. The molecule has 1 unspecified atom stereocenters. The third-order valence-corrected chi connectivity index (χ3v) is 2.71. The lowest BCUT2D eigenvalue weighted by Gasteiger charge is -2.11. The van der Waals surface area contributed by atoms with Gasteiger partial charge in [0.05, 0.1) is 0 Å². The van der Waals surface area contributed by atoms with E-state index in [2.05, 4.69) is 13.8 Å². The standard InChI is InChI=1S/C13H26O3/c1-3-5-7-9-11(14)13(16)12(15)10-8-6-4-2/h11,14-16H,3-10H2,1-2H3. The lowest BCUT2D eigenvalue weighted by Crippen LogP contribution is -2.12. The molecule has 0 amide bonds. The largest absolute Gasteiger partial charge is 0.509 e. The molecule has 1 atom stereocenters. The van der Waals surface area contributed by atoms with Gasteiger partial charge in [0.15, 0.2) is 5.76 Å². The Morgan fingerprint density at radius 1 is 0.938 bits per heavy atom. The fourth-order valence-electron chi connectivity index (χ4n) is 1.59. The minimum absolute atomic E-state index is 0.0440. The molecule has 3 heteroatoms. The maximum atomic E-state index is 9.60. The van der Waals surface area contributed by atoms with Crippen LogP contribution in [0.4, 0.5) is 0 Å². The van der Waals surface area contributed by atoms with Gasteiger partial charge in [0.25, 0.3) is 0 Å². The Morgan fingerprint density at radius 3 is 2.06 bits per heavy atom. The van der Waals surface area contributed by atoms with Gasteiger partial charge in [-0.2, -0.15) is 0 Å². The highest BCUT2D eigenvalue weighted by molar-refractivity contribution is 5.03. The first-order valence-corrected chi connectivity index (χ1v) is 6.42. The molecule has 0 spiro atoms. The van der Waals surface area contributed by atoms with E-state index in [-0.39, 0.29) is 11.5 Å². The van der Waals surface area contributed by atoms with E-state index >= 15 is 0 Å². The maximum absolute atomic E-state index is 9.60. The Hall–Kier alpha value is -0.700. The minimum Gasteiger partial charge on any atom is -0.509 e. The van der Waals surface area contributed by atoms with Gasteiger partial charge in [-0.3, -0.25) is 0 Å². The molecule has 0 rings (SSSR count). The van der Waals surface area contributed by atoms with E-state index in [4.69, 9.17) is 0 Å². The molecule has 0 saturated heterocycles. The molecule has 0 aromatic carbocycles. The number of unbranched alkanes of at least 4 members (excludes halogenated alkanes) is 4. The van der Waals surface area contributed by atoms with Crippen molar-refractivity contribution in [1.29, 1.82) is 0 Å². The third kappa shape index (κ3) is 6.72. The molecule has 0 fully saturated rings. The molecule has 0 aliphatic rings. The molecule has 0 heterocycles. The summed E-state index contributed by atoms with van der Waals surface area (Å²) in [5, 5.41) is 28.7. The van der Waals surface area contributed by atoms with Gasteiger partial charge >= 0.3 is 0 Å². The van der Waals surface area contributed by atoms with Crippen LogP contribution in [0.5, 0.6) is 0 Å². The van der Waals surface area contributed by atoms with Crippen LogP contribution in [0.1, 0.15) is 65.2 Å². The van der Waals surface area contributed by atoms with Crippen molar-refractivity contribution < 1.29 is 15.3 Å². The van der Waals surface area contributed by atoms with Crippen LogP contribution in [0.3, 0.4) is 0 Å². The second kappa shape index (κ2) is 9.52. The summed E-state index contributed by atoms with van der Waals surface area (Å²) in [6.07, 6.45) is 6.06. The number of hydrogen-bond donors (Lipinski definition) is 3. The molecule has 0 aromatic rings. The monoisotopic (exact) mass is 230 g/mol. The van der Waals surface area contributed by atoms with Gasteiger partial charge < -0.3 is 15.3 Å². The third-order valence-electron chi connectivity index (χ3n) is 2.71. The molecule has 0 bridgehead atoms. The van der Waals surface area contributed by atoms with Crippen molar-refractivity contribution >= 4 is 0 Å². The molecule has 16 heavy (non-hydrogen) atoms. The summed E-state index contributed by atoms with van der Waals surface area (Å²) < 4.78 is 0. The summed E-state index contributed by atoms with van der Waals surface area (Å²) in [6.45, 7) is 4.17. The number of aliphatic hydroxyl groups excluding tert-OH is 3. The lowest BCUT2D eigenvalue weighted by molar-refractivity contribution is 0.127. The second-order valence-electron chi connectivity index (χ2n) is 4.30. The van der Waals surface area contributed by atoms with Gasteiger partial charge in [0, 0.05) is 6.42 Å². The first-order chi connectivity index (χ1) is 7.63. The molecular formula is C13H26O3. The van der Waals surface area contributed by atoms with Crippen LogP contribution in [0, 0.1) is 0 Å². The average molecular weight is 230 g/mol. The number of aliphatic hydroxyl groups is 3. The first-order valence-electron chi connectivity index (χ1n) is 6.42. The van der Waals surface area contributed by atoms with E-state index in [0.29, 0.717) is 12.8 Å². The quantitative estimate of drug-likeness (QED) is 0.416.